The van der Waals surface area contributed by atoms with Crippen LogP contribution in [0, 0.1) is 0 Å². The molecule has 0 bridgehead atoms. The monoisotopic (exact) mass is 178 g/mol. The van der Waals surface area contributed by atoms with E-state index in [0.29, 0.717) is 13.0 Å². The minimum Gasteiger partial charge on any atom is -0.380 e. The highest BCUT2D eigenvalue weighted by Gasteiger charge is 2.01. The fourth-order valence-electron chi connectivity index (χ4n) is 1.16. The SMILES string of the molecule is CCC(=O)c1ccc(COC)cc1. The largest absolute Gasteiger partial charge is 0.380 e. The second-order valence-electron chi connectivity index (χ2n) is 2.91. The van der Waals surface area contributed by atoms with Gasteiger partial charge in [-0.2, -0.15) is 0 Å². The molecule has 2 heteroatoms. The molecule has 0 saturated heterocycles. The Balaban J connectivity index is 2.75. The number of ketones is 1. The van der Waals surface area contributed by atoms with Crippen molar-refractivity contribution in [3.63, 3.8) is 0 Å². The van der Waals surface area contributed by atoms with E-state index in [4.69, 9.17) is 4.74 Å². The molecule has 0 aliphatic heterocycles. The van der Waals surface area contributed by atoms with Crippen LogP contribution >= 0.6 is 0 Å². The van der Waals surface area contributed by atoms with Crippen LogP contribution < -0.4 is 0 Å². The summed E-state index contributed by atoms with van der Waals surface area (Å²) in [5, 5.41) is 0. The highest BCUT2D eigenvalue weighted by molar-refractivity contribution is 5.95. The Labute approximate surface area is 78.5 Å². The van der Waals surface area contributed by atoms with Crippen molar-refractivity contribution in [1.82, 2.24) is 0 Å². The first-order valence-corrected chi connectivity index (χ1v) is 4.39. The molecular weight excluding hydrogens is 164 g/mol. The summed E-state index contributed by atoms with van der Waals surface area (Å²) in [6.07, 6.45) is 0.559. The van der Waals surface area contributed by atoms with Crippen molar-refractivity contribution in [1.29, 1.82) is 0 Å². The van der Waals surface area contributed by atoms with Crippen molar-refractivity contribution in [3.05, 3.63) is 35.4 Å². The zero-order valence-corrected chi connectivity index (χ0v) is 8.04. The van der Waals surface area contributed by atoms with Crippen LogP contribution in [0.25, 0.3) is 0 Å². The minimum atomic E-state index is 0.184. The van der Waals surface area contributed by atoms with Crippen molar-refractivity contribution in [2.45, 2.75) is 20.0 Å². The van der Waals surface area contributed by atoms with Crippen LogP contribution in [0.5, 0.6) is 0 Å². The highest BCUT2D eigenvalue weighted by atomic mass is 16.5. The van der Waals surface area contributed by atoms with E-state index in [-0.39, 0.29) is 5.78 Å². The molecule has 13 heavy (non-hydrogen) atoms. The van der Waals surface area contributed by atoms with Gasteiger partial charge in [-0.3, -0.25) is 4.79 Å². The lowest BCUT2D eigenvalue weighted by atomic mass is 10.1. The molecule has 0 atom stereocenters. The Morgan fingerprint density at radius 3 is 2.38 bits per heavy atom. The quantitative estimate of drug-likeness (QED) is 0.662. The summed E-state index contributed by atoms with van der Waals surface area (Å²) >= 11 is 0. The molecule has 0 fully saturated rings. The molecule has 1 aromatic carbocycles. The molecular formula is C11H14O2. The second-order valence-corrected chi connectivity index (χ2v) is 2.91. The maximum absolute atomic E-state index is 11.3. The second kappa shape index (κ2) is 4.77. The van der Waals surface area contributed by atoms with Crippen LogP contribution in [-0.4, -0.2) is 12.9 Å². The topological polar surface area (TPSA) is 26.3 Å². The van der Waals surface area contributed by atoms with Gasteiger partial charge in [0.25, 0.3) is 0 Å². The van der Waals surface area contributed by atoms with E-state index in [1.54, 1.807) is 7.11 Å². The molecule has 0 amide bonds. The lowest BCUT2D eigenvalue weighted by Gasteiger charge is -2.01. The van der Waals surface area contributed by atoms with E-state index in [2.05, 4.69) is 0 Å². The number of hydrogen-bond acceptors (Lipinski definition) is 2. The summed E-state index contributed by atoms with van der Waals surface area (Å²) in [5.74, 6) is 0.184. The first-order chi connectivity index (χ1) is 6.27. The number of carbonyl (C=O) groups is 1. The summed E-state index contributed by atoms with van der Waals surface area (Å²) in [6, 6.07) is 7.54. The average molecular weight is 178 g/mol. The Morgan fingerprint density at radius 1 is 1.31 bits per heavy atom. The summed E-state index contributed by atoms with van der Waals surface area (Å²) in [7, 11) is 1.66. The smallest absolute Gasteiger partial charge is 0.162 e. The summed E-state index contributed by atoms with van der Waals surface area (Å²) in [4.78, 5) is 11.3. The maximum Gasteiger partial charge on any atom is 0.162 e. The van der Waals surface area contributed by atoms with E-state index in [0.717, 1.165) is 11.1 Å². The van der Waals surface area contributed by atoms with Crippen LogP contribution in [0.15, 0.2) is 24.3 Å². The lowest BCUT2D eigenvalue weighted by Crippen LogP contribution is -1.96. The molecule has 0 aliphatic carbocycles. The Kier molecular flexibility index (Phi) is 3.65. The number of benzene rings is 1. The fourth-order valence-corrected chi connectivity index (χ4v) is 1.16. The van der Waals surface area contributed by atoms with Crippen LogP contribution in [-0.2, 0) is 11.3 Å². The van der Waals surface area contributed by atoms with Gasteiger partial charge in [0, 0.05) is 19.1 Å². The molecule has 0 saturated carbocycles. The van der Waals surface area contributed by atoms with E-state index < -0.39 is 0 Å². The van der Waals surface area contributed by atoms with Gasteiger partial charge in [0.2, 0.25) is 0 Å². The van der Waals surface area contributed by atoms with Gasteiger partial charge in [-0.1, -0.05) is 31.2 Å². The number of rotatable bonds is 4. The number of carbonyl (C=O) groups excluding carboxylic acids is 1. The van der Waals surface area contributed by atoms with Crippen LogP contribution in [0.4, 0.5) is 0 Å². The van der Waals surface area contributed by atoms with Gasteiger partial charge in [0.1, 0.15) is 0 Å². The zero-order chi connectivity index (χ0) is 9.68. The van der Waals surface area contributed by atoms with Crippen LogP contribution in [0.2, 0.25) is 0 Å². The van der Waals surface area contributed by atoms with Gasteiger partial charge in [-0.05, 0) is 5.56 Å². The Morgan fingerprint density at radius 2 is 1.92 bits per heavy atom. The standard InChI is InChI=1S/C11H14O2/c1-3-11(12)10-6-4-9(5-7-10)8-13-2/h4-7H,3,8H2,1-2H3. The minimum absolute atomic E-state index is 0.184. The predicted octanol–water partition coefficient (Wildman–Crippen LogP) is 2.43. The summed E-state index contributed by atoms with van der Waals surface area (Å²) in [5.41, 5.74) is 1.87. The molecule has 0 heterocycles. The van der Waals surface area contributed by atoms with Crippen molar-refractivity contribution in [3.8, 4) is 0 Å². The third kappa shape index (κ3) is 2.67. The predicted molar refractivity (Wildman–Crippen MR) is 51.8 cm³/mol. The highest BCUT2D eigenvalue weighted by Crippen LogP contribution is 2.07. The maximum atomic E-state index is 11.3. The summed E-state index contributed by atoms with van der Waals surface area (Å²) in [6.45, 7) is 2.46. The average Bonchev–Trinajstić information content (AvgIpc) is 2.18. The molecule has 0 aromatic heterocycles. The molecule has 70 valence electrons. The van der Waals surface area contributed by atoms with Gasteiger partial charge in [-0.25, -0.2) is 0 Å². The molecule has 1 aromatic rings. The van der Waals surface area contributed by atoms with E-state index in [9.17, 15) is 4.79 Å². The van der Waals surface area contributed by atoms with Gasteiger partial charge in [0.15, 0.2) is 5.78 Å². The van der Waals surface area contributed by atoms with Crippen molar-refractivity contribution < 1.29 is 9.53 Å². The molecule has 0 spiro atoms. The molecule has 0 aliphatic rings. The fraction of sp³-hybridized carbons (Fsp3) is 0.364. The summed E-state index contributed by atoms with van der Waals surface area (Å²) < 4.78 is 4.97. The number of methoxy groups -OCH3 is 1. The van der Waals surface area contributed by atoms with Crippen molar-refractivity contribution in [2.75, 3.05) is 7.11 Å². The van der Waals surface area contributed by atoms with Gasteiger partial charge < -0.3 is 4.74 Å². The van der Waals surface area contributed by atoms with E-state index >= 15 is 0 Å². The Bertz CT molecular complexity index is 275. The van der Waals surface area contributed by atoms with Gasteiger partial charge >= 0.3 is 0 Å². The van der Waals surface area contributed by atoms with Crippen LogP contribution in [0.1, 0.15) is 29.3 Å². The third-order valence-electron chi connectivity index (χ3n) is 1.91. The van der Waals surface area contributed by atoms with Crippen molar-refractivity contribution >= 4 is 5.78 Å². The normalized spacial score (nSPS) is 10.0. The first-order valence-electron chi connectivity index (χ1n) is 4.39. The van der Waals surface area contributed by atoms with Gasteiger partial charge in [-0.15, -0.1) is 0 Å². The number of Topliss-reactive ketones (excluding diaryl/α,β-unsaturated/α-hetero) is 1. The number of hydrogen-bond donors (Lipinski definition) is 0. The molecule has 1 rings (SSSR count). The van der Waals surface area contributed by atoms with Gasteiger partial charge in [0.05, 0.1) is 6.61 Å². The van der Waals surface area contributed by atoms with E-state index in [1.165, 1.54) is 0 Å². The molecule has 2 nitrogen and oxygen atoms in total. The molecule has 0 unspecified atom stereocenters. The Hall–Kier alpha value is -1.15. The third-order valence-corrected chi connectivity index (χ3v) is 1.91. The molecule has 0 N–H and O–H groups in total. The lowest BCUT2D eigenvalue weighted by molar-refractivity contribution is 0.0988. The van der Waals surface area contributed by atoms with Crippen molar-refractivity contribution in [2.24, 2.45) is 0 Å². The van der Waals surface area contributed by atoms with Crippen LogP contribution in [0.3, 0.4) is 0 Å². The number of ether oxygens (including phenoxy) is 1. The molecule has 0 radical (unpaired) electrons. The first kappa shape index (κ1) is 9.93. The van der Waals surface area contributed by atoms with E-state index in [1.807, 2.05) is 31.2 Å². The zero-order valence-electron chi connectivity index (χ0n) is 8.04.